The molecule has 9 nitrogen and oxygen atoms in total. The minimum absolute atomic E-state index is 0.0290. The van der Waals surface area contributed by atoms with Gasteiger partial charge < -0.3 is 35.3 Å². The molecule has 9 heteroatoms. The van der Waals surface area contributed by atoms with Gasteiger partial charge >= 0.3 is 6.03 Å². The predicted octanol–water partition coefficient (Wildman–Crippen LogP) is 3.07. The Bertz CT molecular complexity index is 1030. The summed E-state index contributed by atoms with van der Waals surface area (Å²) < 4.78 is 16.0. The number of phenols is 1. The van der Waals surface area contributed by atoms with Crippen LogP contribution in [0.2, 0.25) is 0 Å². The third-order valence-corrected chi connectivity index (χ3v) is 4.79. The topological polar surface area (TPSA) is 118 Å². The van der Waals surface area contributed by atoms with E-state index in [-0.39, 0.29) is 11.5 Å². The van der Waals surface area contributed by atoms with Crippen molar-refractivity contribution in [2.45, 2.75) is 19.9 Å². The normalized spacial score (nSPS) is 15.6. The number of carbonyl (C=O) groups is 2. The van der Waals surface area contributed by atoms with Crippen LogP contribution in [-0.4, -0.2) is 37.9 Å². The first-order valence-electron chi connectivity index (χ1n) is 9.65. The van der Waals surface area contributed by atoms with Crippen molar-refractivity contribution in [1.82, 2.24) is 10.6 Å². The Labute approximate surface area is 180 Å². The lowest BCUT2D eigenvalue weighted by Gasteiger charge is -2.29. The number of amides is 3. The monoisotopic (exact) mass is 427 g/mol. The van der Waals surface area contributed by atoms with Crippen LogP contribution < -0.4 is 30.2 Å². The quantitative estimate of drug-likeness (QED) is 0.539. The number of phenolic OH excluding ortho intramolecular Hbond substituents is 1. The van der Waals surface area contributed by atoms with E-state index in [2.05, 4.69) is 16.0 Å². The van der Waals surface area contributed by atoms with E-state index in [1.165, 1.54) is 20.3 Å². The molecule has 1 atom stereocenters. The predicted molar refractivity (Wildman–Crippen MR) is 115 cm³/mol. The van der Waals surface area contributed by atoms with Crippen molar-refractivity contribution in [2.75, 3.05) is 26.1 Å². The van der Waals surface area contributed by atoms with Gasteiger partial charge in [-0.3, -0.25) is 4.79 Å². The second-order valence-corrected chi connectivity index (χ2v) is 6.75. The zero-order valence-electron chi connectivity index (χ0n) is 17.7. The lowest BCUT2D eigenvalue weighted by atomic mass is 9.94. The molecule has 0 aromatic heterocycles. The molecule has 0 saturated heterocycles. The SMILES string of the molecule is CCOc1cc([C@H]2NC(=O)NC(C)=C2C(=O)Nc2cc(OC)ccc2OC)ccc1O. The largest absolute Gasteiger partial charge is 0.504 e. The Hall–Kier alpha value is -3.88. The number of rotatable bonds is 7. The third kappa shape index (κ3) is 4.66. The zero-order valence-corrected chi connectivity index (χ0v) is 17.7. The van der Waals surface area contributed by atoms with E-state index in [1.54, 1.807) is 44.2 Å². The summed E-state index contributed by atoms with van der Waals surface area (Å²) >= 11 is 0. The molecule has 3 rings (SSSR count). The van der Waals surface area contributed by atoms with Crippen LogP contribution in [-0.2, 0) is 4.79 Å². The highest BCUT2D eigenvalue weighted by Crippen LogP contribution is 2.35. The molecule has 4 N–H and O–H groups in total. The van der Waals surface area contributed by atoms with Gasteiger partial charge in [-0.2, -0.15) is 0 Å². The number of carbonyl (C=O) groups excluding carboxylic acids is 2. The summed E-state index contributed by atoms with van der Waals surface area (Å²) in [5.41, 5.74) is 1.71. The van der Waals surface area contributed by atoms with Crippen molar-refractivity contribution in [1.29, 1.82) is 0 Å². The fourth-order valence-electron chi connectivity index (χ4n) is 3.33. The van der Waals surface area contributed by atoms with Gasteiger partial charge in [0.2, 0.25) is 0 Å². The van der Waals surface area contributed by atoms with Gasteiger partial charge in [-0.25, -0.2) is 4.79 Å². The van der Waals surface area contributed by atoms with Gasteiger partial charge in [-0.15, -0.1) is 0 Å². The first kappa shape index (κ1) is 21.8. The van der Waals surface area contributed by atoms with E-state index < -0.39 is 18.0 Å². The average molecular weight is 427 g/mol. The third-order valence-electron chi connectivity index (χ3n) is 4.79. The number of ether oxygens (including phenoxy) is 3. The lowest BCUT2D eigenvalue weighted by Crippen LogP contribution is -2.46. The molecule has 0 saturated carbocycles. The number of aromatic hydroxyl groups is 1. The van der Waals surface area contributed by atoms with Gasteiger partial charge in [0.05, 0.1) is 38.1 Å². The molecular weight excluding hydrogens is 402 g/mol. The summed E-state index contributed by atoms with van der Waals surface area (Å²) in [5, 5.41) is 18.2. The molecule has 0 bridgehead atoms. The van der Waals surface area contributed by atoms with E-state index in [1.807, 2.05) is 0 Å². The Morgan fingerprint density at radius 3 is 2.58 bits per heavy atom. The first-order valence-corrected chi connectivity index (χ1v) is 9.65. The molecule has 31 heavy (non-hydrogen) atoms. The smallest absolute Gasteiger partial charge is 0.319 e. The number of allylic oxidation sites excluding steroid dienone is 1. The summed E-state index contributed by atoms with van der Waals surface area (Å²) in [6, 6.07) is 8.53. The van der Waals surface area contributed by atoms with E-state index in [4.69, 9.17) is 14.2 Å². The number of nitrogens with one attached hydrogen (secondary N) is 3. The van der Waals surface area contributed by atoms with E-state index in [9.17, 15) is 14.7 Å². The molecule has 0 radical (unpaired) electrons. The maximum absolute atomic E-state index is 13.3. The Morgan fingerprint density at radius 2 is 1.90 bits per heavy atom. The molecule has 1 aliphatic rings. The molecule has 0 fully saturated rings. The van der Waals surface area contributed by atoms with E-state index in [0.717, 1.165) is 0 Å². The minimum Gasteiger partial charge on any atom is -0.504 e. The van der Waals surface area contributed by atoms with Gasteiger partial charge in [-0.05, 0) is 43.7 Å². The fraction of sp³-hybridized carbons (Fsp3) is 0.273. The number of urea groups is 1. The van der Waals surface area contributed by atoms with Gasteiger partial charge in [0.15, 0.2) is 11.5 Å². The number of methoxy groups -OCH3 is 2. The molecule has 2 aromatic rings. The number of benzene rings is 2. The van der Waals surface area contributed by atoms with Crippen LogP contribution in [0.15, 0.2) is 47.7 Å². The minimum atomic E-state index is -0.759. The van der Waals surface area contributed by atoms with Crippen molar-refractivity contribution >= 4 is 17.6 Å². The maximum Gasteiger partial charge on any atom is 0.319 e. The van der Waals surface area contributed by atoms with Crippen molar-refractivity contribution in [3.05, 3.63) is 53.2 Å². The highest BCUT2D eigenvalue weighted by Gasteiger charge is 2.32. The van der Waals surface area contributed by atoms with Crippen molar-refractivity contribution in [3.8, 4) is 23.0 Å². The number of hydrogen-bond donors (Lipinski definition) is 4. The van der Waals surface area contributed by atoms with Gasteiger partial charge in [0, 0.05) is 11.8 Å². The van der Waals surface area contributed by atoms with Crippen LogP contribution in [0.25, 0.3) is 0 Å². The van der Waals surface area contributed by atoms with Gasteiger partial charge in [0.1, 0.15) is 11.5 Å². The molecule has 164 valence electrons. The highest BCUT2D eigenvalue weighted by atomic mass is 16.5. The molecular formula is C22H25N3O6. The van der Waals surface area contributed by atoms with E-state index >= 15 is 0 Å². The summed E-state index contributed by atoms with van der Waals surface area (Å²) in [6.45, 7) is 3.80. The van der Waals surface area contributed by atoms with Crippen LogP contribution in [0, 0.1) is 0 Å². The summed E-state index contributed by atoms with van der Waals surface area (Å²) in [7, 11) is 3.02. The van der Waals surface area contributed by atoms with Crippen molar-refractivity contribution in [2.24, 2.45) is 0 Å². The van der Waals surface area contributed by atoms with Gasteiger partial charge in [0.25, 0.3) is 5.91 Å². The van der Waals surface area contributed by atoms with Crippen LogP contribution in [0.1, 0.15) is 25.5 Å². The zero-order chi connectivity index (χ0) is 22.5. The standard InChI is InChI=1S/C22H25N3O6/c1-5-31-18-10-13(6-8-16(18)26)20-19(12(2)23-22(28)25-20)21(27)24-15-11-14(29-3)7-9-17(15)30-4/h6-11,20,26H,5H2,1-4H3,(H,24,27)(H2,23,25,28)/t20-/m1/s1. The van der Waals surface area contributed by atoms with E-state index in [0.29, 0.717) is 40.6 Å². The molecule has 2 aromatic carbocycles. The molecule has 3 amide bonds. The van der Waals surface area contributed by atoms with Crippen molar-refractivity contribution < 1.29 is 28.9 Å². The Kier molecular flexibility index (Phi) is 6.54. The van der Waals surface area contributed by atoms with Gasteiger partial charge in [-0.1, -0.05) is 6.07 Å². The van der Waals surface area contributed by atoms with Crippen LogP contribution >= 0.6 is 0 Å². The number of anilines is 1. The first-order chi connectivity index (χ1) is 14.9. The molecule has 0 unspecified atom stereocenters. The lowest BCUT2D eigenvalue weighted by molar-refractivity contribution is -0.113. The summed E-state index contributed by atoms with van der Waals surface area (Å²) in [4.78, 5) is 25.4. The Morgan fingerprint density at radius 1 is 1.13 bits per heavy atom. The second-order valence-electron chi connectivity index (χ2n) is 6.75. The van der Waals surface area contributed by atoms with Crippen LogP contribution in [0.3, 0.4) is 0 Å². The van der Waals surface area contributed by atoms with Crippen LogP contribution in [0.4, 0.5) is 10.5 Å². The highest BCUT2D eigenvalue weighted by molar-refractivity contribution is 6.07. The summed E-state index contributed by atoms with van der Waals surface area (Å²) in [5.74, 6) is 0.805. The molecule has 0 aliphatic carbocycles. The average Bonchev–Trinajstić information content (AvgIpc) is 2.74. The second kappa shape index (κ2) is 9.29. The fourth-order valence-corrected chi connectivity index (χ4v) is 3.33. The molecule has 1 heterocycles. The molecule has 0 spiro atoms. The summed E-state index contributed by atoms with van der Waals surface area (Å²) in [6.07, 6.45) is 0. The number of hydrogen-bond acceptors (Lipinski definition) is 6. The van der Waals surface area contributed by atoms with Crippen LogP contribution in [0.5, 0.6) is 23.0 Å². The molecule has 1 aliphatic heterocycles. The maximum atomic E-state index is 13.3. The Balaban J connectivity index is 1.99. The van der Waals surface area contributed by atoms with Crippen molar-refractivity contribution in [3.63, 3.8) is 0 Å².